The number of benzene rings is 3. The molecule has 5 nitrogen and oxygen atoms in total. The lowest BCUT2D eigenvalue weighted by Crippen LogP contribution is -2.38. The molecule has 9 heteroatoms. The molecule has 2 N–H and O–H groups in total. The van der Waals surface area contributed by atoms with Crippen LogP contribution in [0.15, 0.2) is 76.5 Å². The Morgan fingerprint density at radius 1 is 1.00 bits per heavy atom. The Balaban J connectivity index is 1.64. The highest BCUT2D eigenvalue weighted by molar-refractivity contribution is 7.99. The van der Waals surface area contributed by atoms with Gasteiger partial charge >= 0.3 is 6.18 Å². The van der Waals surface area contributed by atoms with Crippen molar-refractivity contribution in [3.05, 3.63) is 89.0 Å². The van der Waals surface area contributed by atoms with Gasteiger partial charge in [-0.15, -0.1) is 0 Å². The van der Waals surface area contributed by atoms with Crippen LogP contribution in [0.25, 0.3) is 0 Å². The number of halogens is 3. The summed E-state index contributed by atoms with van der Waals surface area (Å²) in [7, 11) is 0. The second-order valence-corrected chi connectivity index (χ2v) is 11.3. The van der Waals surface area contributed by atoms with E-state index >= 15 is 0 Å². The van der Waals surface area contributed by atoms with Gasteiger partial charge < -0.3 is 10.6 Å². The highest BCUT2D eigenvalue weighted by atomic mass is 32.2. The molecule has 3 aromatic carbocycles. The van der Waals surface area contributed by atoms with E-state index in [1.807, 2.05) is 42.5 Å². The molecule has 3 aromatic rings. The SMILES string of the molecule is CCCC(c1cc(NC(=O)c2ccccc2)cc2c1C(C(=O)NCC(F)(F)F)c1ccccc1S2)N1CCCC1. The molecule has 40 heavy (non-hydrogen) atoms. The summed E-state index contributed by atoms with van der Waals surface area (Å²) in [5.74, 6) is -1.82. The minimum absolute atomic E-state index is 0.0291. The van der Waals surface area contributed by atoms with Crippen LogP contribution in [-0.2, 0) is 4.79 Å². The average molecular weight is 568 g/mol. The predicted octanol–water partition coefficient (Wildman–Crippen LogP) is 7.15. The maximum absolute atomic E-state index is 13.6. The van der Waals surface area contributed by atoms with E-state index in [2.05, 4.69) is 22.5 Å². The number of carbonyl (C=O) groups excluding carboxylic acids is 2. The maximum atomic E-state index is 13.6. The summed E-state index contributed by atoms with van der Waals surface area (Å²) in [6.45, 7) is 2.54. The standard InChI is InChI=1S/C31H32F3N3O2S/c1-2-10-24(37-15-8-9-16-37)23-17-21(36-29(38)20-11-4-3-5-12-20)18-26-27(23)28(30(39)35-19-31(32,33)34)22-13-6-7-14-25(22)40-26/h3-7,11-14,17-18,24,28H,2,8-10,15-16,19H2,1H3,(H,35,39)(H,36,38). The van der Waals surface area contributed by atoms with Crippen LogP contribution in [0.1, 0.15) is 71.6 Å². The number of rotatable bonds is 8. The third-order valence-electron chi connectivity index (χ3n) is 7.43. The molecular weight excluding hydrogens is 535 g/mol. The zero-order valence-electron chi connectivity index (χ0n) is 22.3. The van der Waals surface area contributed by atoms with Gasteiger partial charge in [0.05, 0.1) is 5.92 Å². The van der Waals surface area contributed by atoms with Crippen LogP contribution in [0.3, 0.4) is 0 Å². The Hall–Kier alpha value is -3.30. The number of likely N-dealkylation sites (tertiary alicyclic amines) is 1. The molecular formula is C31H32F3N3O2S. The number of alkyl halides is 3. The first kappa shape index (κ1) is 28.2. The lowest BCUT2D eigenvalue weighted by molar-refractivity contribution is -0.138. The van der Waals surface area contributed by atoms with Crippen LogP contribution in [0.4, 0.5) is 18.9 Å². The number of hydrogen-bond donors (Lipinski definition) is 2. The van der Waals surface area contributed by atoms with Crippen molar-refractivity contribution in [2.24, 2.45) is 0 Å². The molecule has 5 rings (SSSR count). The van der Waals surface area contributed by atoms with Gasteiger partial charge in [-0.05, 0) is 79.4 Å². The number of nitrogens with zero attached hydrogens (tertiary/aromatic N) is 1. The van der Waals surface area contributed by atoms with Crippen LogP contribution in [0.2, 0.25) is 0 Å². The quantitative estimate of drug-likeness (QED) is 0.304. The van der Waals surface area contributed by atoms with E-state index < -0.39 is 24.5 Å². The van der Waals surface area contributed by atoms with E-state index in [1.54, 1.807) is 24.3 Å². The smallest absolute Gasteiger partial charge is 0.346 e. The summed E-state index contributed by atoms with van der Waals surface area (Å²) in [5, 5.41) is 5.18. The van der Waals surface area contributed by atoms with Crippen molar-refractivity contribution in [3.63, 3.8) is 0 Å². The molecule has 2 aliphatic rings. The zero-order chi connectivity index (χ0) is 28.3. The van der Waals surface area contributed by atoms with E-state index in [0.29, 0.717) is 16.8 Å². The van der Waals surface area contributed by atoms with Crippen molar-refractivity contribution in [2.45, 2.75) is 60.5 Å². The third kappa shape index (κ3) is 6.20. The van der Waals surface area contributed by atoms with Crippen molar-refractivity contribution >= 4 is 29.3 Å². The van der Waals surface area contributed by atoms with Gasteiger partial charge in [0.2, 0.25) is 5.91 Å². The number of amides is 2. The van der Waals surface area contributed by atoms with Crippen molar-refractivity contribution in [1.29, 1.82) is 0 Å². The Morgan fingerprint density at radius 3 is 2.40 bits per heavy atom. The fourth-order valence-electron chi connectivity index (χ4n) is 5.69. The number of hydrogen-bond acceptors (Lipinski definition) is 4. The highest BCUT2D eigenvalue weighted by Crippen LogP contribution is 2.50. The summed E-state index contributed by atoms with van der Waals surface area (Å²) in [6, 6.07) is 20.0. The molecule has 2 aliphatic heterocycles. The van der Waals surface area contributed by atoms with Crippen LogP contribution in [-0.4, -0.2) is 42.5 Å². The van der Waals surface area contributed by atoms with Crippen molar-refractivity contribution < 1.29 is 22.8 Å². The number of nitrogens with one attached hydrogen (secondary N) is 2. The van der Waals surface area contributed by atoms with Crippen molar-refractivity contribution in [2.75, 3.05) is 25.0 Å². The first-order chi connectivity index (χ1) is 19.2. The van der Waals surface area contributed by atoms with Crippen LogP contribution in [0.5, 0.6) is 0 Å². The van der Waals surface area contributed by atoms with Gasteiger partial charge in [-0.25, -0.2) is 0 Å². The molecule has 0 bridgehead atoms. The summed E-state index contributed by atoms with van der Waals surface area (Å²) < 4.78 is 39.4. The molecule has 0 spiro atoms. The Kier molecular flexibility index (Phi) is 8.51. The van der Waals surface area contributed by atoms with E-state index in [-0.39, 0.29) is 11.9 Å². The lowest BCUT2D eigenvalue weighted by Gasteiger charge is -2.35. The lowest BCUT2D eigenvalue weighted by atomic mass is 9.83. The van der Waals surface area contributed by atoms with Gasteiger partial charge in [-0.3, -0.25) is 14.5 Å². The largest absolute Gasteiger partial charge is 0.405 e. The topological polar surface area (TPSA) is 61.4 Å². The van der Waals surface area contributed by atoms with Crippen molar-refractivity contribution in [1.82, 2.24) is 10.2 Å². The monoisotopic (exact) mass is 567 g/mol. The first-order valence-electron chi connectivity index (χ1n) is 13.6. The number of fused-ring (bicyclic) bond motifs is 2. The van der Waals surface area contributed by atoms with Gasteiger partial charge in [-0.2, -0.15) is 13.2 Å². The summed E-state index contributed by atoms with van der Waals surface area (Å²) in [6.07, 6.45) is -0.660. The van der Waals surface area contributed by atoms with Crippen LogP contribution in [0, 0.1) is 0 Å². The van der Waals surface area contributed by atoms with E-state index in [0.717, 1.165) is 59.7 Å². The van der Waals surface area contributed by atoms with E-state index in [9.17, 15) is 22.8 Å². The normalized spacial score (nSPS) is 17.6. The fraction of sp³-hybridized carbons (Fsp3) is 0.355. The molecule has 0 aliphatic carbocycles. The van der Waals surface area contributed by atoms with Gasteiger partial charge in [0.1, 0.15) is 6.54 Å². The highest BCUT2D eigenvalue weighted by Gasteiger charge is 2.38. The minimum atomic E-state index is -4.52. The van der Waals surface area contributed by atoms with Crippen LogP contribution >= 0.6 is 11.8 Å². The fourth-order valence-corrected chi connectivity index (χ4v) is 6.91. The van der Waals surface area contributed by atoms with Crippen LogP contribution < -0.4 is 10.6 Å². The van der Waals surface area contributed by atoms with Crippen molar-refractivity contribution in [3.8, 4) is 0 Å². The zero-order valence-corrected chi connectivity index (χ0v) is 23.1. The molecule has 0 aromatic heterocycles. The molecule has 2 unspecified atom stereocenters. The van der Waals surface area contributed by atoms with E-state index in [1.165, 1.54) is 11.8 Å². The van der Waals surface area contributed by atoms with Gasteiger partial charge in [0.15, 0.2) is 0 Å². The molecule has 210 valence electrons. The summed E-state index contributed by atoms with van der Waals surface area (Å²) in [4.78, 5) is 30.6. The van der Waals surface area contributed by atoms with Gasteiger partial charge in [0.25, 0.3) is 5.91 Å². The number of carbonyl (C=O) groups is 2. The summed E-state index contributed by atoms with van der Waals surface area (Å²) >= 11 is 1.48. The molecule has 2 atom stereocenters. The summed E-state index contributed by atoms with van der Waals surface area (Å²) in [5.41, 5.74) is 3.43. The first-order valence-corrected chi connectivity index (χ1v) is 14.5. The predicted molar refractivity (Wildman–Crippen MR) is 151 cm³/mol. The van der Waals surface area contributed by atoms with Gasteiger partial charge in [0, 0.05) is 27.1 Å². The molecule has 2 heterocycles. The minimum Gasteiger partial charge on any atom is -0.346 e. The molecule has 2 amide bonds. The molecule has 0 radical (unpaired) electrons. The second kappa shape index (κ2) is 12.1. The second-order valence-electron chi connectivity index (χ2n) is 10.3. The molecule has 1 saturated heterocycles. The molecule has 0 saturated carbocycles. The Labute approximate surface area is 236 Å². The molecule has 1 fully saturated rings. The maximum Gasteiger partial charge on any atom is 0.405 e. The van der Waals surface area contributed by atoms with E-state index in [4.69, 9.17) is 0 Å². The average Bonchev–Trinajstić information content (AvgIpc) is 3.48. The van der Waals surface area contributed by atoms with Gasteiger partial charge in [-0.1, -0.05) is 61.5 Å². The third-order valence-corrected chi connectivity index (χ3v) is 8.58. The number of anilines is 1. The Bertz CT molecular complexity index is 1370. The Morgan fingerprint density at radius 2 is 1.70 bits per heavy atom.